The summed E-state index contributed by atoms with van der Waals surface area (Å²) in [7, 11) is 0. The average Bonchev–Trinajstić information content (AvgIpc) is 2.74. The van der Waals surface area contributed by atoms with E-state index >= 15 is 0 Å². The van der Waals surface area contributed by atoms with Gasteiger partial charge in [-0.25, -0.2) is 8.78 Å². The van der Waals surface area contributed by atoms with Crippen LogP contribution >= 0.6 is 0 Å². The number of aryl methyl sites for hydroxylation is 1. The Labute approximate surface area is 176 Å². The second-order valence-corrected chi connectivity index (χ2v) is 9.19. The predicted molar refractivity (Wildman–Crippen MR) is 118 cm³/mol. The molecule has 0 unspecified atom stereocenters. The van der Waals surface area contributed by atoms with Crippen molar-refractivity contribution in [2.75, 3.05) is 0 Å². The molecule has 2 fully saturated rings. The smallest absolute Gasteiger partial charge is 0.142 e. The van der Waals surface area contributed by atoms with Crippen molar-refractivity contribution >= 4 is 0 Å². The zero-order valence-electron chi connectivity index (χ0n) is 18.0. The van der Waals surface area contributed by atoms with E-state index in [1.807, 2.05) is 6.08 Å². The Kier molecular flexibility index (Phi) is 8.34. The highest BCUT2D eigenvalue weighted by Crippen LogP contribution is 2.41. The van der Waals surface area contributed by atoms with Crippen LogP contribution in [0.5, 0.6) is 0 Å². The highest BCUT2D eigenvalue weighted by Gasteiger charge is 2.30. The summed E-state index contributed by atoms with van der Waals surface area (Å²) in [5.74, 6) is 7.96. The molecule has 2 aliphatic carbocycles. The summed E-state index contributed by atoms with van der Waals surface area (Å²) in [6.07, 6.45) is 15.8. The topological polar surface area (TPSA) is 0 Å². The van der Waals surface area contributed by atoms with Crippen molar-refractivity contribution in [3.63, 3.8) is 0 Å². The van der Waals surface area contributed by atoms with Crippen molar-refractivity contribution in [3.05, 3.63) is 47.5 Å². The number of halogens is 2. The SMILES string of the molecule is C=CCCCc1cc(F)c(C#C[C@H]2CC[C@H]([C@H]3CC[C@H](CC)CC3)CC2)c(F)c1. The zero-order valence-corrected chi connectivity index (χ0v) is 18.0. The Bertz CT molecular complexity index is 700. The van der Waals surface area contributed by atoms with Gasteiger partial charge >= 0.3 is 0 Å². The third-order valence-electron chi connectivity index (χ3n) is 7.28. The average molecular weight is 399 g/mol. The lowest BCUT2D eigenvalue weighted by atomic mass is 9.69. The van der Waals surface area contributed by atoms with Gasteiger partial charge in [-0.2, -0.15) is 0 Å². The molecule has 158 valence electrons. The van der Waals surface area contributed by atoms with Crippen molar-refractivity contribution < 1.29 is 8.78 Å². The molecule has 0 spiro atoms. The van der Waals surface area contributed by atoms with Gasteiger partial charge in [0.15, 0.2) is 0 Å². The van der Waals surface area contributed by atoms with Crippen LogP contribution in [-0.2, 0) is 6.42 Å². The van der Waals surface area contributed by atoms with Gasteiger partial charge in [-0.3, -0.25) is 0 Å². The fraction of sp³-hybridized carbons (Fsp3) is 0.630. The van der Waals surface area contributed by atoms with Crippen LogP contribution in [0.1, 0.15) is 88.7 Å². The van der Waals surface area contributed by atoms with Crippen molar-refractivity contribution in [1.82, 2.24) is 0 Å². The van der Waals surface area contributed by atoms with Crippen LogP contribution in [0, 0.1) is 47.1 Å². The van der Waals surface area contributed by atoms with Crippen LogP contribution in [0.3, 0.4) is 0 Å². The van der Waals surface area contributed by atoms with Crippen LogP contribution in [0.2, 0.25) is 0 Å². The van der Waals surface area contributed by atoms with Crippen molar-refractivity contribution in [1.29, 1.82) is 0 Å². The molecule has 1 aromatic rings. The van der Waals surface area contributed by atoms with Gasteiger partial charge in [-0.1, -0.05) is 44.1 Å². The molecule has 29 heavy (non-hydrogen) atoms. The summed E-state index contributed by atoms with van der Waals surface area (Å²) in [5.41, 5.74) is 0.642. The van der Waals surface area contributed by atoms with Crippen LogP contribution in [-0.4, -0.2) is 0 Å². The molecule has 2 saturated carbocycles. The number of unbranched alkanes of at least 4 members (excludes halogenated alkanes) is 1. The molecular weight excluding hydrogens is 362 g/mol. The minimum Gasteiger partial charge on any atom is -0.206 e. The van der Waals surface area contributed by atoms with E-state index < -0.39 is 11.6 Å². The Morgan fingerprint density at radius 2 is 1.55 bits per heavy atom. The number of hydrogen-bond donors (Lipinski definition) is 0. The van der Waals surface area contributed by atoms with E-state index in [1.165, 1.54) is 57.1 Å². The summed E-state index contributed by atoms with van der Waals surface area (Å²) in [4.78, 5) is 0. The zero-order chi connectivity index (χ0) is 20.6. The second-order valence-electron chi connectivity index (χ2n) is 9.19. The summed E-state index contributed by atoms with van der Waals surface area (Å²) in [6.45, 7) is 6.00. The second kappa shape index (κ2) is 11.0. The van der Waals surface area contributed by atoms with Crippen LogP contribution < -0.4 is 0 Å². The van der Waals surface area contributed by atoms with Crippen molar-refractivity contribution in [2.24, 2.45) is 23.7 Å². The Hall–Kier alpha value is -1.62. The molecule has 0 radical (unpaired) electrons. The van der Waals surface area contributed by atoms with Crippen LogP contribution in [0.4, 0.5) is 8.78 Å². The predicted octanol–water partition coefficient (Wildman–Crippen LogP) is 7.85. The van der Waals surface area contributed by atoms with E-state index in [0.29, 0.717) is 12.0 Å². The Morgan fingerprint density at radius 1 is 0.966 bits per heavy atom. The highest BCUT2D eigenvalue weighted by atomic mass is 19.1. The highest BCUT2D eigenvalue weighted by molar-refractivity contribution is 5.39. The van der Waals surface area contributed by atoms with Crippen molar-refractivity contribution in [3.8, 4) is 11.8 Å². The molecule has 0 aromatic heterocycles. The Balaban J connectivity index is 1.53. The fourth-order valence-electron chi connectivity index (χ4n) is 5.32. The molecule has 0 atom stereocenters. The molecular formula is C27H36F2. The van der Waals surface area contributed by atoms with Gasteiger partial charge in [0, 0.05) is 5.92 Å². The van der Waals surface area contributed by atoms with Crippen LogP contribution in [0.15, 0.2) is 24.8 Å². The van der Waals surface area contributed by atoms with E-state index in [9.17, 15) is 8.78 Å². The van der Waals surface area contributed by atoms with Crippen LogP contribution in [0.25, 0.3) is 0 Å². The molecule has 0 nitrogen and oxygen atoms in total. The normalized spacial score (nSPS) is 27.1. The lowest BCUT2D eigenvalue weighted by molar-refractivity contribution is 0.156. The molecule has 2 aliphatic rings. The molecule has 0 saturated heterocycles. The van der Waals surface area contributed by atoms with Gasteiger partial charge in [0.05, 0.1) is 5.56 Å². The van der Waals surface area contributed by atoms with Gasteiger partial charge in [0.1, 0.15) is 11.6 Å². The maximum atomic E-state index is 14.4. The third kappa shape index (κ3) is 6.18. The number of benzene rings is 1. The van der Waals surface area contributed by atoms with E-state index in [-0.39, 0.29) is 11.5 Å². The molecule has 0 aliphatic heterocycles. The lowest BCUT2D eigenvalue weighted by Gasteiger charge is -2.36. The minimum absolute atomic E-state index is 0.0579. The van der Waals surface area contributed by atoms with E-state index in [0.717, 1.165) is 43.4 Å². The fourth-order valence-corrected chi connectivity index (χ4v) is 5.32. The van der Waals surface area contributed by atoms with Gasteiger partial charge in [0.2, 0.25) is 0 Å². The minimum atomic E-state index is -0.521. The molecule has 0 amide bonds. The monoisotopic (exact) mass is 398 g/mol. The summed E-state index contributed by atoms with van der Waals surface area (Å²) < 4.78 is 28.8. The van der Waals surface area contributed by atoms with Gasteiger partial charge in [-0.15, -0.1) is 6.58 Å². The number of hydrogen-bond acceptors (Lipinski definition) is 0. The van der Waals surface area contributed by atoms with E-state index in [4.69, 9.17) is 0 Å². The first-order valence-electron chi connectivity index (χ1n) is 11.7. The first-order chi connectivity index (χ1) is 14.1. The van der Waals surface area contributed by atoms with E-state index in [2.05, 4.69) is 25.3 Å². The quantitative estimate of drug-likeness (QED) is 0.260. The largest absolute Gasteiger partial charge is 0.206 e. The van der Waals surface area contributed by atoms with E-state index in [1.54, 1.807) is 0 Å². The van der Waals surface area contributed by atoms with Gasteiger partial charge < -0.3 is 0 Å². The first-order valence-corrected chi connectivity index (χ1v) is 11.7. The van der Waals surface area contributed by atoms with Gasteiger partial charge in [0.25, 0.3) is 0 Å². The maximum absolute atomic E-state index is 14.4. The lowest BCUT2D eigenvalue weighted by Crippen LogP contribution is -2.25. The standard InChI is InChI=1S/C27H36F2/c1-3-5-6-7-22-18-26(28)25(27(29)19-22)17-12-21-10-15-24(16-11-21)23-13-8-20(4-2)9-14-23/h3,18-21,23-24H,1,4-11,13-16H2,2H3/t20-,21-,23-,24-. The number of rotatable bonds is 6. The van der Waals surface area contributed by atoms with Gasteiger partial charge in [-0.05, 0) is 93.2 Å². The molecule has 0 N–H and O–H groups in total. The molecule has 0 heterocycles. The maximum Gasteiger partial charge on any atom is 0.142 e. The molecule has 0 bridgehead atoms. The summed E-state index contributed by atoms with van der Waals surface area (Å²) >= 11 is 0. The number of allylic oxidation sites excluding steroid dienone is 1. The molecule has 1 aromatic carbocycles. The summed E-state index contributed by atoms with van der Waals surface area (Å²) in [6, 6.07) is 2.89. The molecule has 3 rings (SSSR count). The molecule has 2 heteroatoms. The first kappa shape index (κ1) is 22.1. The summed E-state index contributed by atoms with van der Waals surface area (Å²) in [5, 5.41) is 0. The Morgan fingerprint density at radius 3 is 2.10 bits per heavy atom. The van der Waals surface area contributed by atoms with Crippen molar-refractivity contribution in [2.45, 2.75) is 84.0 Å². The third-order valence-corrected chi connectivity index (χ3v) is 7.28.